The second-order valence-electron chi connectivity index (χ2n) is 9.09. The predicted octanol–water partition coefficient (Wildman–Crippen LogP) is 1.24. The fourth-order valence-electron chi connectivity index (χ4n) is 4.31. The van der Waals surface area contributed by atoms with Crippen LogP contribution in [0, 0.1) is 11.8 Å². The third-order valence-corrected chi connectivity index (χ3v) is 7.12. The zero-order valence-electron chi connectivity index (χ0n) is 18.4. The van der Waals surface area contributed by atoms with Gasteiger partial charge in [-0.3, -0.25) is 4.79 Å². The number of hydrogen-bond acceptors (Lipinski definition) is 7. The second kappa shape index (κ2) is 11.3. The third-order valence-electron chi connectivity index (χ3n) is 5.92. The molecule has 8 heteroatoms. The summed E-state index contributed by atoms with van der Waals surface area (Å²) in [6.07, 6.45) is -0.402. The van der Waals surface area contributed by atoms with Crippen LogP contribution < -0.4 is 10.6 Å². The summed E-state index contributed by atoms with van der Waals surface area (Å²) in [4.78, 5) is 13.0. The lowest BCUT2D eigenvalue weighted by Gasteiger charge is -2.45. The Labute approximate surface area is 179 Å². The molecular weight excluding hydrogens is 392 g/mol. The summed E-state index contributed by atoms with van der Waals surface area (Å²) in [5.74, 6) is 0.449. The van der Waals surface area contributed by atoms with Crippen molar-refractivity contribution in [2.45, 2.75) is 107 Å². The number of carbonyl (C=O) groups is 1. The van der Waals surface area contributed by atoms with Gasteiger partial charge >= 0.3 is 0 Å². The largest absolute Gasteiger partial charge is 0.388 e. The van der Waals surface area contributed by atoms with E-state index in [9.17, 15) is 20.1 Å². The van der Waals surface area contributed by atoms with Crippen LogP contribution in [0.15, 0.2) is 0 Å². The molecule has 0 radical (unpaired) electrons. The third kappa shape index (κ3) is 6.55. The Kier molecular flexibility index (Phi) is 9.70. The first kappa shape index (κ1) is 24.9. The summed E-state index contributed by atoms with van der Waals surface area (Å²) < 4.78 is 6.03. The molecule has 2 fully saturated rings. The van der Waals surface area contributed by atoms with E-state index < -0.39 is 35.9 Å². The fraction of sp³-hybridized carbons (Fsp3) is 0.952. The van der Waals surface area contributed by atoms with Gasteiger partial charge in [0.25, 0.3) is 0 Å². The molecule has 8 atom stereocenters. The van der Waals surface area contributed by atoms with E-state index in [0.717, 1.165) is 32.2 Å². The molecule has 1 amide bonds. The highest BCUT2D eigenvalue weighted by atomic mass is 32.2. The molecule has 0 bridgehead atoms. The standard InChI is InChI=1S/C21H40N2O5S/c1-6-7-13-8-9-22-14(10-13)20(27)23-15(11(2)3)19-17(25)16(24)18(26)21(28-19)29-12(4)5/h11-19,21-22,24-26H,6-10H2,1-5H3,(H,23,27)/t13-,14+,15-,16+,17-,18-,19-,21-/m1/s1. The highest BCUT2D eigenvalue weighted by molar-refractivity contribution is 8.00. The van der Waals surface area contributed by atoms with Gasteiger partial charge < -0.3 is 30.7 Å². The number of ether oxygens (including phenoxy) is 1. The maximum atomic E-state index is 13.0. The molecule has 0 aliphatic carbocycles. The van der Waals surface area contributed by atoms with Crippen LogP contribution in [0.2, 0.25) is 0 Å². The number of aliphatic hydroxyl groups excluding tert-OH is 3. The summed E-state index contributed by atoms with van der Waals surface area (Å²) in [6.45, 7) is 10.9. The number of amides is 1. The molecule has 2 saturated heterocycles. The molecule has 2 aliphatic heterocycles. The van der Waals surface area contributed by atoms with Crippen molar-refractivity contribution in [1.82, 2.24) is 10.6 Å². The van der Waals surface area contributed by atoms with Gasteiger partial charge in [-0.15, -0.1) is 11.8 Å². The van der Waals surface area contributed by atoms with Gasteiger partial charge in [0.2, 0.25) is 5.91 Å². The Bertz CT molecular complexity index is 519. The number of carbonyl (C=O) groups excluding carboxylic acids is 1. The Morgan fingerprint density at radius 3 is 2.45 bits per heavy atom. The Balaban J connectivity index is 2.09. The van der Waals surface area contributed by atoms with E-state index in [0.29, 0.717) is 5.92 Å². The van der Waals surface area contributed by atoms with Gasteiger partial charge in [-0.2, -0.15) is 0 Å². The van der Waals surface area contributed by atoms with Crippen molar-refractivity contribution >= 4 is 17.7 Å². The predicted molar refractivity (Wildman–Crippen MR) is 116 cm³/mol. The second-order valence-corrected chi connectivity index (χ2v) is 10.8. The number of hydrogen-bond donors (Lipinski definition) is 5. The molecule has 29 heavy (non-hydrogen) atoms. The molecule has 0 spiro atoms. The average Bonchev–Trinajstić information content (AvgIpc) is 2.66. The van der Waals surface area contributed by atoms with Crippen LogP contribution in [-0.4, -0.2) is 75.0 Å². The van der Waals surface area contributed by atoms with E-state index in [1.807, 2.05) is 27.7 Å². The number of rotatable bonds is 8. The van der Waals surface area contributed by atoms with Crippen LogP contribution in [0.5, 0.6) is 0 Å². The summed E-state index contributed by atoms with van der Waals surface area (Å²) >= 11 is 1.41. The Morgan fingerprint density at radius 2 is 1.86 bits per heavy atom. The monoisotopic (exact) mass is 432 g/mol. The summed E-state index contributed by atoms with van der Waals surface area (Å²) in [5, 5.41) is 37.9. The zero-order chi connectivity index (χ0) is 21.7. The summed E-state index contributed by atoms with van der Waals surface area (Å²) in [6, 6.07) is -0.720. The van der Waals surface area contributed by atoms with Crippen molar-refractivity contribution in [3.63, 3.8) is 0 Å². The van der Waals surface area contributed by atoms with E-state index in [1.165, 1.54) is 11.8 Å². The molecule has 5 N–H and O–H groups in total. The van der Waals surface area contributed by atoms with Crippen LogP contribution in [0.1, 0.15) is 60.3 Å². The molecule has 2 rings (SSSR count). The van der Waals surface area contributed by atoms with Gasteiger partial charge in [-0.1, -0.05) is 47.5 Å². The van der Waals surface area contributed by atoms with Crippen LogP contribution in [0.25, 0.3) is 0 Å². The molecular formula is C21H40N2O5S. The Morgan fingerprint density at radius 1 is 1.17 bits per heavy atom. The zero-order valence-corrected chi connectivity index (χ0v) is 19.2. The minimum absolute atomic E-state index is 0.0132. The van der Waals surface area contributed by atoms with E-state index in [1.54, 1.807) is 0 Å². The van der Waals surface area contributed by atoms with Crippen molar-refractivity contribution < 1.29 is 24.9 Å². The SMILES string of the molecule is CCC[C@@H]1CCN[C@H](C(=O)N[C@H](C(C)C)[C@H]2O[C@H](SC(C)C)[C@H](O)[C@@H](O)[C@H]2O)C1. The lowest BCUT2D eigenvalue weighted by molar-refractivity contribution is -0.208. The van der Waals surface area contributed by atoms with E-state index >= 15 is 0 Å². The Hall–Kier alpha value is -0.380. The van der Waals surface area contributed by atoms with Crippen molar-refractivity contribution in [3.05, 3.63) is 0 Å². The first-order valence-electron chi connectivity index (χ1n) is 11.0. The van der Waals surface area contributed by atoms with E-state index in [4.69, 9.17) is 4.74 Å². The van der Waals surface area contributed by atoms with Crippen molar-refractivity contribution in [2.75, 3.05) is 6.54 Å². The van der Waals surface area contributed by atoms with E-state index in [2.05, 4.69) is 17.6 Å². The lowest BCUT2D eigenvalue weighted by Crippen LogP contribution is -2.65. The van der Waals surface area contributed by atoms with Crippen molar-refractivity contribution in [3.8, 4) is 0 Å². The quantitative estimate of drug-likeness (QED) is 0.392. The normalized spacial score (nSPS) is 37.0. The maximum absolute atomic E-state index is 13.0. The number of piperidine rings is 1. The molecule has 0 saturated carbocycles. The molecule has 0 unspecified atom stereocenters. The number of nitrogens with one attached hydrogen (secondary N) is 2. The molecule has 7 nitrogen and oxygen atoms in total. The molecule has 0 aromatic carbocycles. The van der Waals surface area contributed by atoms with Crippen molar-refractivity contribution in [2.24, 2.45) is 11.8 Å². The average molecular weight is 433 g/mol. The topological polar surface area (TPSA) is 111 Å². The molecule has 0 aromatic rings. The van der Waals surface area contributed by atoms with Crippen LogP contribution in [0.3, 0.4) is 0 Å². The fourth-order valence-corrected chi connectivity index (χ4v) is 5.36. The van der Waals surface area contributed by atoms with Gasteiger partial charge in [0.05, 0.1) is 12.1 Å². The van der Waals surface area contributed by atoms with Gasteiger partial charge in [-0.25, -0.2) is 0 Å². The first-order valence-corrected chi connectivity index (χ1v) is 12.0. The van der Waals surface area contributed by atoms with Gasteiger partial charge in [0, 0.05) is 5.25 Å². The number of aliphatic hydroxyl groups is 3. The number of thioether (sulfide) groups is 1. The summed E-state index contributed by atoms with van der Waals surface area (Å²) in [7, 11) is 0. The minimum Gasteiger partial charge on any atom is -0.388 e. The maximum Gasteiger partial charge on any atom is 0.237 e. The smallest absolute Gasteiger partial charge is 0.237 e. The van der Waals surface area contributed by atoms with Gasteiger partial charge in [-0.05, 0) is 31.2 Å². The lowest BCUT2D eigenvalue weighted by atomic mass is 9.86. The molecule has 0 aromatic heterocycles. The van der Waals surface area contributed by atoms with Gasteiger partial charge in [0.1, 0.15) is 29.9 Å². The van der Waals surface area contributed by atoms with Crippen LogP contribution >= 0.6 is 11.8 Å². The molecule has 2 heterocycles. The van der Waals surface area contributed by atoms with Crippen LogP contribution in [-0.2, 0) is 9.53 Å². The summed E-state index contributed by atoms with van der Waals surface area (Å²) in [5.41, 5.74) is -0.654. The van der Waals surface area contributed by atoms with Crippen LogP contribution in [0.4, 0.5) is 0 Å². The molecule has 2 aliphatic rings. The van der Waals surface area contributed by atoms with E-state index in [-0.39, 0.29) is 23.1 Å². The highest BCUT2D eigenvalue weighted by Gasteiger charge is 2.48. The minimum atomic E-state index is -1.31. The highest BCUT2D eigenvalue weighted by Crippen LogP contribution is 2.33. The van der Waals surface area contributed by atoms with Gasteiger partial charge in [0.15, 0.2) is 0 Å². The molecule has 170 valence electrons. The van der Waals surface area contributed by atoms with Crippen molar-refractivity contribution in [1.29, 1.82) is 0 Å². The first-order chi connectivity index (χ1) is 13.6.